The molecule has 1 N–H and O–H groups in total. The molecule has 0 spiro atoms. The number of amides is 2. The van der Waals surface area contributed by atoms with E-state index in [-0.39, 0.29) is 6.03 Å². The Bertz CT molecular complexity index is 667. The zero-order chi connectivity index (χ0) is 13.6. The molecule has 3 heterocycles. The summed E-state index contributed by atoms with van der Waals surface area (Å²) in [5.74, 6) is 1.00. The summed E-state index contributed by atoms with van der Waals surface area (Å²) in [6.45, 7) is 2.05. The van der Waals surface area contributed by atoms with Crippen LogP contribution in [0.15, 0.2) is 12.4 Å². The van der Waals surface area contributed by atoms with Crippen LogP contribution in [0.5, 0.6) is 0 Å². The fourth-order valence-corrected chi connectivity index (χ4v) is 2.23. The van der Waals surface area contributed by atoms with Gasteiger partial charge in [-0.05, 0) is 6.92 Å². The second-order valence-electron chi connectivity index (χ2n) is 4.28. The van der Waals surface area contributed by atoms with E-state index in [4.69, 9.17) is 11.6 Å². The number of hydrogen-bond acceptors (Lipinski definition) is 4. The molecule has 0 aromatic carbocycles. The standard InChI is InChI=1S/C11H11ClN6O/c1-6-14-9(12)8-5-18(7-3-13-17(2)4-7)11(19)16-10(8)15-6/h3-4H,5H2,1-2H3,(H,14,15,16,19). The van der Waals surface area contributed by atoms with Crippen LogP contribution in [0.3, 0.4) is 0 Å². The Hall–Kier alpha value is -2.15. The van der Waals surface area contributed by atoms with Gasteiger partial charge in [0, 0.05) is 13.2 Å². The zero-order valence-corrected chi connectivity index (χ0v) is 11.1. The molecule has 7 nitrogen and oxygen atoms in total. The Morgan fingerprint density at radius 2 is 2.21 bits per heavy atom. The molecule has 2 aromatic rings. The number of nitrogens with zero attached hydrogens (tertiary/aromatic N) is 5. The van der Waals surface area contributed by atoms with Gasteiger partial charge in [0.2, 0.25) is 0 Å². The predicted molar refractivity (Wildman–Crippen MR) is 70.2 cm³/mol. The average molecular weight is 279 g/mol. The molecule has 2 aromatic heterocycles. The smallest absolute Gasteiger partial charge is 0.291 e. The van der Waals surface area contributed by atoms with E-state index in [0.29, 0.717) is 34.6 Å². The summed E-state index contributed by atoms with van der Waals surface area (Å²) in [5, 5.41) is 7.12. The third-order valence-corrected chi connectivity index (χ3v) is 3.17. The van der Waals surface area contributed by atoms with Gasteiger partial charge < -0.3 is 0 Å². The number of rotatable bonds is 1. The minimum Gasteiger partial charge on any atom is -0.291 e. The Morgan fingerprint density at radius 1 is 1.42 bits per heavy atom. The second-order valence-corrected chi connectivity index (χ2v) is 4.64. The molecule has 2 amide bonds. The van der Waals surface area contributed by atoms with Crippen molar-refractivity contribution in [3.05, 3.63) is 28.9 Å². The van der Waals surface area contributed by atoms with Gasteiger partial charge in [-0.2, -0.15) is 5.10 Å². The molecule has 98 valence electrons. The molecule has 0 saturated carbocycles. The van der Waals surface area contributed by atoms with E-state index in [0.717, 1.165) is 0 Å². The monoisotopic (exact) mass is 278 g/mol. The van der Waals surface area contributed by atoms with E-state index in [1.807, 2.05) is 0 Å². The maximum Gasteiger partial charge on any atom is 0.327 e. The molecular formula is C11H11ClN6O. The molecular weight excluding hydrogens is 268 g/mol. The van der Waals surface area contributed by atoms with E-state index < -0.39 is 0 Å². The molecule has 0 bridgehead atoms. The molecule has 0 fully saturated rings. The van der Waals surface area contributed by atoms with Gasteiger partial charge in [-0.15, -0.1) is 0 Å². The van der Waals surface area contributed by atoms with Gasteiger partial charge in [0.15, 0.2) is 0 Å². The number of aromatic nitrogens is 4. The molecule has 0 saturated heterocycles. The van der Waals surface area contributed by atoms with E-state index >= 15 is 0 Å². The lowest BCUT2D eigenvalue weighted by Gasteiger charge is -2.27. The lowest BCUT2D eigenvalue weighted by molar-refractivity contribution is 0.256. The molecule has 0 radical (unpaired) electrons. The predicted octanol–water partition coefficient (Wildman–Crippen LogP) is 1.72. The Labute approximate surface area is 114 Å². The molecule has 8 heteroatoms. The van der Waals surface area contributed by atoms with Crippen molar-refractivity contribution >= 4 is 29.1 Å². The van der Waals surface area contributed by atoms with Gasteiger partial charge in [0.1, 0.15) is 16.8 Å². The largest absolute Gasteiger partial charge is 0.327 e. The van der Waals surface area contributed by atoms with Crippen LogP contribution in [-0.4, -0.2) is 25.8 Å². The van der Waals surface area contributed by atoms with Gasteiger partial charge in [0.05, 0.1) is 24.0 Å². The molecule has 1 aliphatic rings. The van der Waals surface area contributed by atoms with E-state index in [9.17, 15) is 4.79 Å². The molecule has 3 rings (SSSR count). The lowest BCUT2D eigenvalue weighted by Crippen LogP contribution is -2.39. The van der Waals surface area contributed by atoms with Crippen LogP contribution in [0.2, 0.25) is 5.15 Å². The maximum atomic E-state index is 12.1. The summed E-state index contributed by atoms with van der Waals surface area (Å²) in [6.07, 6.45) is 3.38. The van der Waals surface area contributed by atoms with Crippen molar-refractivity contribution in [2.45, 2.75) is 13.5 Å². The maximum absolute atomic E-state index is 12.1. The molecule has 19 heavy (non-hydrogen) atoms. The summed E-state index contributed by atoms with van der Waals surface area (Å²) in [7, 11) is 1.79. The van der Waals surface area contributed by atoms with Crippen LogP contribution in [0.4, 0.5) is 16.3 Å². The van der Waals surface area contributed by atoms with Crippen LogP contribution >= 0.6 is 11.6 Å². The molecule has 0 atom stereocenters. The molecule has 0 aliphatic carbocycles. The lowest BCUT2D eigenvalue weighted by atomic mass is 10.2. The Morgan fingerprint density at radius 3 is 2.89 bits per heavy atom. The highest BCUT2D eigenvalue weighted by Gasteiger charge is 2.28. The van der Waals surface area contributed by atoms with Crippen LogP contribution in [0.25, 0.3) is 0 Å². The first-order chi connectivity index (χ1) is 9.04. The van der Waals surface area contributed by atoms with Crippen LogP contribution in [0.1, 0.15) is 11.4 Å². The highest BCUT2D eigenvalue weighted by Crippen LogP contribution is 2.29. The Kier molecular flexibility index (Phi) is 2.63. The topological polar surface area (TPSA) is 75.9 Å². The zero-order valence-electron chi connectivity index (χ0n) is 10.4. The first kappa shape index (κ1) is 11.9. The number of carbonyl (C=O) groups is 1. The fourth-order valence-electron chi connectivity index (χ4n) is 1.96. The summed E-state index contributed by atoms with van der Waals surface area (Å²) >= 11 is 6.10. The summed E-state index contributed by atoms with van der Waals surface area (Å²) in [4.78, 5) is 21.9. The van der Waals surface area contributed by atoms with Crippen molar-refractivity contribution in [2.24, 2.45) is 7.05 Å². The van der Waals surface area contributed by atoms with Crippen LogP contribution in [0, 0.1) is 6.92 Å². The van der Waals surface area contributed by atoms with E-state index in [1.165, 1.54) is 0 Å². The van der Waals surface area contributed by atoms with Gasteiger partial charge >= 0.3 is 6.03 Å². The highest BCUT2D eigenvalue weighted by molar-refractivity contribution is 6.30. The van der Waals surface area contributed by atoms with Gasteiger partial charge in [-0.3, -0.25) is 14.9 Å². The minimum absolute atomic E-state index is 0.255. The normalized spacial score (nSPS) is 14.3. The van der Waals surface area contributed by atoms with Crippen molar-refractivity contribution in [1.82, 2.24) is 19.7 Å². The van der Waals surface area contributed by atoms with Gasteiger partial charge in [-0.25, -0.2) is 14.8 Å². The van der Waals surface area contributed by atoms with Gasteiger partial charge in [0.25, 0.3) is 0 Å². The number of anilines is 2. The summed E-state index contributed by atoms with van der Waals surface area (Å²) in [5.41, 5.74) is 1.40. The van der Waals surface area contributed by atoms with Crippen LogP contribution in [-0.2, 0) is 13.6 Å². The Balaban J connectivity index is 2.02. The van der Waals surface area contributed by atoms with Crippen molar-refractivity contribution in [1.29, 1.82) is 0 Å². The number of nitrogens with one attached hydrogen (secondary N) is 1. The van der Waals surface area contributed by atoms with Crippen molar-refractivity contribution in [3.63, 3.8) is 0 Å². The molecule has 0 unspecified atom stereocenters. The third kappa shape index (κ3) is 2.01. The van der Waals surface area contributed by atoms with Crippen molar-refractivity contribution in [3.8, 4) is 0 Å². The fraction of sp³-hybridized carbons (Fsp3) is 0.273. The number of aryl methyl sites for hydroxylation is 2. The SMILES string of the molecule is Cc1nc(Cl)c2c(n1)NC(=O)N(c1cnn(C)c1)C2. The number of halogens is 1. The highest BCUT2D eigenvalue weighted by atomic mass is 35.5. The number of carbonyl (C=O) groups excluding carboxylic acids is 1. The molecule has 1 aliphatic heterocycles. The summed E-state index contributed by atoms with van der Waals surface area (Å²) < 4.78 is 1.63. The van der Waals surface area contributed by atoms with E-state index in [2.05, 4.69) is 20.4 Å². The second kappa shape index (κ2) is 4.20. The first-order valence-corrected chi connectivity index (χ1v) is 6.02. The van der Waals surface area contributed by atoms with Crippen LogP contribution < -0.4 is 10.2 Å². The third-order valence-electron chi connectivity index (χ3n) is 2.86. The van der Waals surface area contributed by atoms with E-state index in [1.54, 1.807) is 35.9 Å². The number of fused-ring (bicyclic) bond motifs is 1. The number of urea groups is 1. The quantitative estimate of drug-likeness (QED) is 0.806. The minimum atomic E-state index is -0.255. The van der Waals surface area contributed by atoms with Crippen molar-refractivity contribution < 1.29 is 4.79 Å². The van der Waals surface area contributed by atoms with Gasteiger partial charge in [-0.1, -0.05) is 11.6 Å². The number of hydrogen-bond donors (Lipinski definition) is 1. The summed E-state index contributed by atoms with van der Waals surface area (Å²) in [6, 6.07) is -0.255. The first-order valence-electron chi connectivity index (χ1n) is 5.65. The van der Waals surface area contributed by atoms with Crippen molar-refractivity contribution in [2.75, 3.05) is 10.2 Å². The average Bonchev–Trinajstić information content (AvgIpc) is 2.74.